The van der Waals surface area contributed by atoms with Gasteiger partial charge in [0.1, 0.15) is 11.4 Å². The van der Waals surface area contributed by atoms with Crippen LogP contribution in [0.5, 0.6) is 5.75 Å². The Morgan fingerprint density at radius 3 is 2.49 bits per heavy atom. The first-order valence-corrected chi connectivity index (χ1v) is 13.6. The van der Waals surface area contributed by atoms with Crippen LogP contribution in [0.2, 0.25) is 5.02 Å². The highest BCUT2D eigenvalue weighted by Gasteiger charge is 2.32. The number of methoxy groups -OCH3 is 1. The van der Waals surface area contributed by atoms with Crippen molar-refractivity contribution in [3.63, 3.8) is 0 Å². The molecule has 1 amide bonds. The Morgan fingerprint density at radius 2 is 1.82 bits per heavy atom. The average Bonchev–Trinajstić information content (AvgIpc) is 3.46. The first-order valence-electron chi connectivity index (χ1n) is 13.2. The summed E-state index contributed by atoms with van der Waals surface area (Å²) in [5.41, 5.74) is 3.30. The van der Waals surface area contributed by atoms with Crippen LogP contribution in [0, 0.1) is 0 Å². The van der Waals surface area contributed by atoms with Crippen molar-refractivity contribution in [3.8, 4) is 17.0 Å². The topological polar surface area (TPSA) is 96.3 Å². The van der Waals surface area contributed by atoms with E-state index in [0.29, 0.717) is 51.8 Å². The summed E-state index contributed by atoms with van der Waals surface area (Å²) in [6, 6.07) is 9.71. The normalized spacial score (nSPS) is 16.4. The van der Waals surface area contributed by atoms with Crippen LogP contribution in [0.4, 0.5) is 4.79 Å². The van der Waals surface area contributed by atoms with Crippen LogP contribution in [0.3, 0.4) is 0 Å². The Morgan fingerprint density at radius 1 is 1.10 bits per heavy atom. The fourth-order valence-electron chi connectivity index (χ4n) is 5.36. The lowest BCUT2D eigenvalue weighted by Gasteiger charge is -2.34. The van der Waals surface area contributed by atoms with Crippen LogP contribution >= 0.6 is 11.6 Å². The molecule has 1 aromatic heterocycles. The number of fused-ring (bicyclic) bond motifs is 2. The van der Waals surface area contributed by atoms with Gasteiger partial charge in [-0.05, 0) is 50.6 Å². The van der Waals surface area contributed by atoms with Gasteiger partial charge in [0.2, 0.25) is 0 Å². The van der Waals surface area contributed by atoms with Crippen molar-refractivity contribution in [2.45, 2.75) is 39.5 Å². The van der Waals surface area contributed by atoms with Crippen LogP contribution < -0.4 is 10.1 Å². The number of piperazine rings is 1. The Labute approximate surface area is 233 Å². The zero-order valence-electron chi connectivity index (χ0n) is 22.8. The van der Waals surface area contributed by atoms with Crippen LogP contribution in [0.15, 0.2) is 30.3 Å². The first-order chi connectivity index (χ1) is 18.6. The number of carbonyl (C=O) groups is 2. The van der Waals surface area contributed by atoms with E-state index in [2.05, 4.69) is 21.2 Å². The number of hydrogen-bond donors (Lipinski definition) is 2. The van der Waals surface area contributed by atoms with E-state index in [9.17, 15) is 14.7 Å². The van der Waals surface area contributed by atoms with E-state index in [1.807, 2.05) is 39.0 Å². The molecular weight excluding hydrogens is 520 g/mol. The largest absolute Gasteiger partial charge is 0.495 e. The van der Waals surface area contributed by atoms with E-state index in [-0.39, 0.29) is 12.5 Å². The van der Waals surface area contributed by atoms with Gasteiger partial charge < -0.3 is 19.9 Å². The standard InChI is InChI=1S/C29H35ClN4O5/c1-29(2,3)39-28(37)34-22-6-5-18(17-33-9-7-32(8-10-33)11-12-35)13-19(22)14-23(34)20-15-24(38-4)26(30)21-16-31-27(36)25(20)21/h5-6,13-15,35H,7-12,16-17H2,1-4H3,(H,31,36). The van der Waals surface area contributed by atoms with Crippen molar-refractivity contribution >= 4 is 34.5 Å². The second-order valence-electron chi connectivity index (χ2n) is 11.1. The van der Waals surface area contributed by atoms with Gasteiger partial charge in [-0.3, -0.25) is 14.6 Å². The lowest BCUT2D eigenvalue weighted by Crippen LogP contribution is -2.46. The number of β-amino-alcohol motifs (C(OH)–C–C–N with tert-alkyl or cyclic N) is 1. The van der Waals surface area contributed by atoms with Crippen molar-refractivity contribution in [2.75, 3.05) is 46.4 Å². The monoisotopic (exact) mass is 554 g/mol. The second kappa shape index (κ2) is 10.8. The maximum absolute atomic E-state index is 13.6. The molecule has 208 valence electrons. The second-order valence-corrected chi connectivity index (χ2v) is 11.4. The highest BCUT2D eigenvalue weighted by atomic mass is 35.5. The van der Waals surface area contributed by atoms with Gasteiger partial charge in [0, 0.05) is 62.3 Å². The Bertz CT molecular complexity index is 1420. The lowest BCUT2D eigenvalue weighted by atomic mass is 9.99. The zero-order valence-corrected chi connectivity index (χ0v) is 23.6. The highest BCUT2D eigenvalue weighted by molar-refractivity contribution is 6.34. The lowest BCUT2D eigenvalue weighted by molar-refractivity contribution is 0.0547. The van der Waals surface area contributed by atoms with Crippen molar-refractivity contribution in [2.24, 2.45) is 0 Å². The molecule has 5 rings (SSSR count). The molecule has 0 bridgehead atoms. The van der Waals surface area contributed by atoms with E-state index in [0.717, 1.165) is 43.7 Å². The van der Waals surface area contributed by atoms with Crippen LogP contribution in [0.25, 0.3) is 22.2 Å². The molecule has 2 aliphatic heterocycles. The number of amides is 1. The number of aliphatic hydroxyl groups is 1. The van der Waals surface area contributed by atoms with Gasteiger partial charge in [0.15, 0.2) is 0 Å². The summed E-state index contributed by atoms with van der Waals surface area (Å²) in [6.07, 6.45) is -0.527. The van der Waals surface area contributed by atoms with E-state index in [1.165, 1.54) is 11.7 Å². The summed E-state index contributed by atoms with van der Waals surface area (Å²) in [7, 11) is 1.53. The number of benzene rings is 2. The van der Waals surface area contributed by atoms with Gasteiger partial charge in [-0.2, -0.15) is 0 Å². The number of nitrogens with zero attached hydrogens (tertiary/aromatic N) is 3. The molecule has 0 spiro atoms. The zero-order chi connectivity index (χ0) is 27.9. The third-order valence-corrected chi connectivity index (χ3v) is 7.62. The van der Waals surface area contributed by atoms with Gasteiger partial charge in [-0.15, -0.1) is 0 Å². The number of nitrogens with one attached hydrogen (secondary N) is 1. The quantitative estimate of drug-likeness (QED) is 0.473. The molecule has 0 unspecified atom stereocenters. The minimum absolute atomic E-state index is 0.179. The van der Waals surface area contributed by atoms with Gasteiger partial charge in [0.25, 0.3) is 5.91 Å². The maximum atomic E-state index is 13.6. The summed E-state index contributed by atoms with van der Waals surface area (Å²) in [5, 5.41) is 13.3. The summed E-state index contributed by atoms with van der Waals surface area (Å²) >= 11 is 6.55. The van der Waals surface area contributed by atoms with E-state index in [4.69, 9.17) is 21.1 Å². The molecule has 10 heteroatoms. The average molecular weight is 555 g/mol. The predicted molar refractivity (Wildman–Crippen MR) is 151 cm³/mol. The highest BCUT2D eigenvalue weighted by Crippen LogP contribution is 2.42. The molecule has 2 aliphatic rings. The Balaban J connectivity index is 1.58. The van der Waals surface area contributed by atoms with Crippen molar-refractivity contribution in [1.82, 2.24) is 19.7 Å². The Kier molecular flexibility index (Phi) is 7.61. The number of carbonyl (C=O) groups excluding carboxylic acids is 2. The molecule has 0 atom stereocenters. The van der Waals surface area contributed by atoms with Crippen molar-refractivity contribution in [3.05, 3.63) is 52.0 Å². The molecule has 0 aliphatic carbocycles. The maximum Gasteiger partial charge on any atom is 0.419 e. The van der Waals surface area contributed by atoms with Crippen LogP contribution in [-0.4, -0.2) is 83.5 Å². The van der Waals surface area contributed by atoms with Gasteiger partial charge >= 0.3 is 6.09 Å². The number of aliphatic hydroxyl groups excluding tert-OH is 1. The number of halogens is 1. The summed E-state index contributed by atoms with van der Waals surface area (Å²) < 4.78 is 12.9. The third-order valence-electron chi connectivity index (χ3n) is 7.21. The minimum atomic E-state index is -0.708. The SMILES string of the molecule is COc1cc(-c2cc3cc(CN4CCN(CCO)CC4)ccc3n2C(=O)OC(C)(C)C)c2c(c1Cl)CNC2=O. The van der Waals surface area contributed by atoms with E-state index in [1.54, 1.807) is 6.07 Å². The number of rotatable bonds is 6. The van der Waals surface area contributed by atoms with Gasteiger partial charge in [-0.25, -0.2) is 9.36 Å². The van der Waals surface area contributed by atoms with Crippen LogP contribution in [0.1, 0.15) is 42.3 Å². The molecular formula is C29H35ClN4O5. The molecule has 2 aromatic carbocycles. The number of aromatic nitrogens is 1. The van der Waals surface area contributed by atoms with Crippen LogP contribution in [-0.2, 0) is 17.8 Å². The first kappa shape index (κ1) is 27.5. The molecule has 39 heavy (non-hydrogen) atoms. The third kappa shape index (κ3) is 5.49. The molecule has 0 saturated carbocycles. The molecule has 2 N–H and O–H groups in total. The minimum Gasteiger partial charge on any atom is -0.495 e. The van der Waals surface area contributed by atoms with E-state index >= 15 is 0 Å². The number of hydrogen-bond acceptors (Lipinski definition) is 7. The summed E-state index contributed by atoms with van der Waals surface area (Å²) in [6.45, 7) is 11.1. The molecule has 1 fully saturated rings. The smallest absolute Gasteiger partial charge is 0.419 e. The predicted octanol–water partition coefficient (Wildman–Crippen LogP) is 4.11. The van der Waals surface area contributed by atoms with Gasteiger partial charge in [0.05, 0.1) is 35.5 Å². The molecule has 3 aromatic rings. The fraction of sp³-hybridized carbons (Fsp3) is 0.448. The fourth-order valence-corrected chi connectivity index (χ4v) is 5.65. The van der Waals surface area contributed by atoms with Crippen molar-refractivity contribution < 1.29 is 24.2 Å². The molecule has 1 saturated heterocycles. The van der Waals surface area contributed by atoms with Gasteiger partial charge in [-0.1, -0.05) is 17.7 Å². The number of ether oxygens (including phenoxy) is 2. The Hall–Kier alpha value is -3.11. The van der Waals surface area contributed by atoms with E-state index < -0.39 is 11.7 Å². The summed E-state index contributed by atoms with van der Waals surface area (Å²) in [4.78, 5) is 31.1. The molecule has 3 heterocycles. The molecule has 0 radical (unpaired) electrons. The van der Waals surface area contributed by atoms with Crippen molar-refractivity contribution in [1.29, 1.82) is 0 Å². The molecule has 9 nitrogen and oxygen atoms in total. The summed E-state index contributed by atoms with van der Waals surface area (Å²) in [5.74, 6) is 0.190.